The molecule has 4 heterocycles. The number of nitrogens with zero attached hydrogens (tertiary/aromatic N) is 3. The molecule has 3 aromatic rings. The monoisotopic (exact) mass is 483 g/mol. The van der Waals surface area contributed by atoms with Crippen LogP contribution in [-0.2, 0) is 29.1 Å². The van der Waals surface area contributed by atoms with E-state index in [1.54, 1.807) is 12.1 Å². The Morgan fingerprint density at radius 1 is 0.472 bits per heavy atom. The van der Waals surface area contributed by atoms with Gasteiger partial charge in [0.1, 0.15) is 22.8 Å². The number of carbonyl (C=O) groups excluding carboxylic acids is 2. The van der Waals surface area contributed by atoms with Gasteiger partial charge in [0.25, 0.3) is 0 Å². The Balaban J connectivity index is 2.03. The maximum atomic E-state index is 13.8. The smallest absolute Gasteiger partial charge is 0.229 e. The number of fused-ring (bicyclic) bond motifs is 6. The van der Waals surface area contributed by atoms with Crippen LogP contribution in [0.15, 0.2) is 36.4 Å². The van der Waals surface area contributed by atoms with Gasteiger partial charge >= 0.3 is 0 Å². The Bertz CT molecular complexity index is 1270. The molecule has 0 aromatic carbocycles. The molecule has 1 aliphatic rings. The van der Waals surface area contributed by atoms with Crippen LogP contribution in [0, 0.1) is 0 Å². The van der Waals surface area contributed by atoms with Crippen molar-refractivity contribution in [3.8, 4) is 0 Å². The predicted molar refractivity (Wildman–Crippen MR) is 143 cm³/mol. The summed E-state index contributed by atoms with van der Waals surface area (Å²) in [6.07, 6.45) is 1.24. The van der Waals surface area contributed by atoms with Gasteiger partial charge in [-0.2, -0.15) is 0 Å². The van der Waals surface area contributed by atoms with Crippen LogP contribution < -0.4 is 0 Å². The molecular formula is C31H37N3O2. The summed E-state index contributed by atoms with van der Waals surface area (Å²) in [5.74, 6) is -0.534. The zero-order valence-electron chi connectivity index (χ0n) is 23.0. The van der Waals surface area contributed by atoms with Gasteiger partial charge in [-0.3, -0.25) is 9.59 Å². The normalized spacial score (nSPS) is 14.7. The van der Waals surface area contributed by atoms with Gasteiger partial charge in [-0.15, -0.1) is 0 Å². The molecular weight excluding hydrogens is 446 g/mol. The van der Waals surface area contributed by atoms with Crippen LogP contribution in [0.2, 0.25) is 0 Å². The average Bonchev–Trinajstić information content (AvgIpc) is 2.79. The third-order valence-electron chi connectivity index (χ3n) is 6.75. The number of pyridine rings is 3. The molecule has 3 aromatic heterocycles. The van der Waals surface area contributed by atoms with Crippen molar-refractivity contribution in [3.05, 3.63) is 87.3 Å². The molecule has 0 unspecified atom stereocenters. The van der Waals surface area contributed by atoms with Gasteiger partial charge in [0, 0.05) is 11.4 Å². The number of hydrogen-bond acceptors (Lipinski definition) is 5. The molecule has 0 saturated carbocycles. The second-order valence-corrected chi connectivity index (χ2v) is 13.0. The van der Waals surface area contributed by atoms with E-state index in [4.69, 9.17) is 9.97 Å². The maximum Gasteiger partial charge on any atom is 0.229 e. The minimum absolute atomic E-state index is 0.153. The quantitative estimate of drug-likeness (QED) is 0.374. The highest BCUT2D eigenvalue weighted by Crippen LogP contribution is 2.29. The first-order valence-corrected chi connectivity index (χ1v) is 12.7. The highest BCUT2D eigenvalue weighted by atomic mass is 16.1. The van der Waals surface area contributed by atoms with Crippen LogP contribution in [0.25, 0.3) is 0 Å². The number of hydrogen-bond donors (Lipinski definition) is 0. The molecule has 6 bridgehead atoms. The number of aromatic nitrogens is 3. The van der Waals surface area contributed by atoms with E-state index in [9.17, 15) is 9.59 Å². The zero-order valence-corrected chi connectivity index (χ0v) is 23.0. The highest BCUT2D eigenvalue weighted by Gasteiger charge is 2.27. The van der Waals surface area contributed by atoms with Gasteiger partial charge in [0.15, 0.2) is 0 Å². The molecule has 0 fully saturated rings. The predicted octanol–water partition coefficient (Wildman–Crippen LogP) is 6.32. The number of aryl methyl sites for hydroxylation is 2. The summed E-state index contributed by atoms with van der Waals surface area (Å²) < 4.78 is 0. The van der Waals surface area contributed by atoms with E-state index >= 15 is 0 Å². The van der Waals surface area contributed by atoms with Crippen LogP contribution in [0.3, 0.4) is 0 Å². The standard InChI is InChI=1S/C31H37N3O2/c1-29(2,3)18-12-21-10-11-22-13-19(30(4,5)6)15-24(33-22)28(36)26-17-20(31(7,8)9)16-25(34-26)27(35)23(14-18)32-21/h12-17H,10-11H2,1-9H3. The van der Waals surface area contributed by atoms with Gasteiger partial charge < -0.3 is 0 Å². The fourth-order valence-electron chi connectivity index (χ4n) is 4.25. The first-order valence-electron chi connectivity index (χ1n) is 12.7. The molecule has 0 radical (unpaired) electrons. The van der Waals surface area contributed by atoms with Crippen molar-refractivity contribution in [1.29, 1.82) is 0 Å². The van der Waals surface area contributed by atoms with Crippen LogP contribution in [-0.4, -0.2) is 26.5 Å². The Morgan fingerprint density at radius 2 is 0.750 bits per heavy atom. The lowest BCUT2D eigenvalue weighted by molar-refractivity contribution is 0.102. The fourth-order valence-corrected chi connectivity index (χ4v) is 4.25. The number of ketones is 2. The van der Waals surface area contributed by atoms with Crippen LogP contribution >= 0.6 is 0 Å². The average molecular weight is 484 g/mol. The first-order chi connectivity index (χ1) is 16.5. The Labute approximate surface area is 214 Å². The Morgan fingerprint density at radius 3 is 1.06 bits per heavy atom. The van der Waals surface area contributed by atoms with Crippen molar-refractivity contribution < 1.29 is 9.59 Å². The van der Waals surface area contributed by atoms with E-state index in [1.165, 1.54) is 0 Å². The van der Waals surface area contributed by atoms with E-state index in [0.717, 1.165) is 28.1 Å². The van der Waals surface area contributed by atoms with E-state index in [1.807, 2.05) is 12.1 Å². The lowest BCUT2D eigenvalue weighted by Gasteiger charge is -2.22. The third-order valence-corrected chi connectivity index (χ3v) is 6.75. The molecule has 5 nitrogen and oxygen atoms in total. The van der Waals surface area contributed by atoms with Crippen molar-refractivity contribution in [3.63, 3.8) is 0 Å². The lowest BCUT2D eigenvalue weighted by Crippen LogP contribution is -2.20. The molecule has 0 N–H and O–H groups in total. The summed E-state index contributed by atoms with van der Waals surface area (Å²) in [4.78, 5) is 41.6. The summed E-state index contributed by atoms with van der Waals surface area (Å²) in [5.41, 5.74) is 5.27. The number of carbonyl (C=O) groups is 2. The SMILES string of the molecule is CC(C)(C)c1cc2nc(c1)C(=O)c1cc(C(C)(C)C)cc(n1)C(=O)c1cc(C(C)(C)C)cc(n1)CC2. The highest BCUT2D eigenvalue weighted by molar-refractivity contribution is 6.10. The molecule has 5 heteroatoms. The lowest BCUT2D eigenvalue weighted by atomic mass is 9.85. The Hall–Kier alpha value is -3.21. The van der Waals surface area contributed by atoms with E-state index < -0.39 is 0 Å². The maximum absolute atomic E-state index is 13.8. The molecule has 1 aliphatic heterocycles. The van der Waals surface area contributed by atoms with Crippen LogP contribution in [0.4, 0.5) is 0 Å². The van der Waals surface area contributed by atoms with Crippen molar-refractivity contribution in [1.82, 2.24) is 15.0 Å². The molecule has 188 valence electrons. The van der Waals surface area contributed by atoms with Gasteiger partial charge in [-0.25, -0.2) is 15.0 Å². The van der Waals surface area contributed by atoms with Crippen LogP contribution in [0.1, 0.15) is 123 Å². The van der Waals surface area contributed by atoms with E-state index in [0.29, 0.717) is 24.2 Å². The summed E-state index contributed by atoms with van der Waals surface area (Å²) in [6.45, 7) is 19.0. The third kappa shape index (κ3) is 5.30. The van der Waals surface area contributed by atoms with Gasteiger partial charge in [0.05, 0.1) is 0 Å². The van der Waals surface area contributed by atoms with Crippen molar-refractivity contribution >= 4 is 11.6 Å². The first kappa shape index (κ1) is 25.9. The van der Waals surface area contributed by atoms with Crippen molar-refractivity contribution in [2.75, 3.05) is 0 Å². The Kier molecular flexibility index (Phi) is 6.27. The van der Waals surface area contributed by atoms with E-state index in [-0.39, 0.29) is 39.2 Å². The zero-order chi connectivity index (χ0) is 26.6. The topological polar surface area (TPSA) is 72.8 Å². The van der Waals surface area contributed by atoms with Gasteiger partial charge in [-0.1, -0.05) is 62.3 Å². The van der Waals surface area contributed by atoms with Gasteiger partial charge in [0.2, 0.25) is 11.6 Å². The summed E-state index contributed by atoms with van der Waals surface area (Å²) in [6, 6.07) is 11.5. The van der Waals surface area contributed by atoms with Gasteiger partial charge in [-0.05, 0) is 82.2 Å². The molecule has 4 rings (SSSR count). The summed E-state index contributed by atoms with van der Waals surface area (Å²) in [5, 5.41) is 0. The largest absolute Gasteiger partial charge is 0.285 e. The number of rotatable bonds is 0. The molecule has 0 atom stereocenters. The minimum atomic E-state index is -0.279. The van der Waals surface area contributed by atoms with Crippen molar-refractivity contribution in [2.45, 2.75) is 91.4 Å². The molecule has 0 aliphatic carbocycles. The minimum Gasteiger partial charge on any atom is -0.285 e. The molecule has 0 saturated heterocycles. The second-order valence-electron chi connectivity index (χ2n) is 13.0. The second kappa shape index (κ2) is 8.72. The summed E-state index contributed by atoms with van der Waals surface area (Å²) in [7, 11) is 0. The summed E-state index contributed by atoms with van der Waals surface area (Å²) >= 11 is 0. The van der Waals surface area contributed by atoms with Crippen LogP contribution in [0.5, 0.6) is 0 Å². The molecule has 0 amide bonds. The molecule has 36 heavy (non-hydrogen) atoms. The molecule has 0 spiro atoms. The van der Waals surface area contributed by atoms with Crippen molar-refractivity contribution in [2.24, 2.45) is 0 Å². The van der Waals surface area contributed by atoms with E-state index in [2.05, 4.69) is 79.4 Å². The fraction of sp³-hybridized carbons (Fsp3) is 0.452.